The van der Waals surface area contributed by atoms with E-state index in [4.69, 9.17) is 0 Å². The molecule has 21 heavy (non-hydrogen) atoms. The van der Waals surface area contributed by atoms with Gasteiger partial charge in [0.1, 0.15) is 5.92 Å². The molecular weight excluding hydrogens is 284 g/mol. The molecule has 0 spiro atoms. The van der Waals surface area contributed by atoms with E-state index in [9.17, 15) is 9.90 Å². The minimum atomic E-state index is -0.760. The number of carboxylic acids is 1. The van der Waals surface area contributed by atoms with Crippen LogP contribution in [0.25, 0.3) is 0 Å². The van der Waals surface area contributed by atoms with Crippen LogP contribution in [0.5, 0.6) is 0 Å². The largest absolute Gasteiger partial charge is 0.481 e. The Balaban J connectivity index is 1.80. The Hall–Kier alpha value is -1.88. The molecule has 0 saturated carbocycles. The summed E-state index contributed by atoms with van der Waals surface area (Å²) in [6.45, 7) is 2.09. The maximum atomic E-state index is 11.3. The minimum absolute atomic E-state index is 0.155. The molecule has 0 bridgehead atoms. The predicted octanol–water partition coefficient (Wildman–Crippen LogP) is 3.82. The zero-order chi connectivity index (χ0) is 14.8. The number of hydrogen-bond donors (Lipinski definition) is 2. The maximum Gasteiger partial charge on any atom is 0.312 e. The summed E-state index contributed by atoms with van der Waals surface area (Å²) in [5, 5.41) is 13.5. The molecular formula is C16H18N2O2S. The van der Waals surface area contributed by atoms with Crippen LogP contribution in [0.3, 0.4) is 0 Å². The van der Waals surface area contributed by atoms with E-state index in [1.54, 1.807) is 11.3 Å². The highest BCUT2D eigenvalue weighted by Crippen LogP contribution is 2.37. The second-order valence-corrected chi connectivity index (χ2v) is 6.47. The van der Waals surface area contributed by atoms with Crippen molar-refractivity contribution in [3.8, 4) is 0 Å². The van der Waals surface area contributed by atoms with Crippen LogP contribution in [0.15, 0.2) is 30.3 Å². The summed E-state index contributed by atoms with van der Waals surface area (Å²) in [5.74, 6) is -1.20. The smallest absolute Gasteiger partial charge is 0.312 e. The van der Waals surface area contributed by atoms with Crippen LogP contribution < -0.4 is 5.32 Å². The van der Waals surface area contributed by atoms with Gasteiger partial charge in [0.15, 0.2) is 5.13 Å². The van der Waals surface area contributed by atoms with Crippen LogP contribution in [0.2, 0.25) is 0 Å². The summed E-state index contributed by atoms with van der Waals surface area (Å²) in [6.07, 6.45) is 2.57. The molecule has 0 amide bonds. The van der Waals surface area contributed by atoms with Gasteiger partial charge in [-0.15, -0.1) is 11.3 Å². The summed E-state index contributed by atoms with van der Waals surface area (Å²) in [7, 11) is 0. The molecule has 2 N–H and O–H groups in total. The van der Waals surface area contributed by atoms with E-state index < -0.39 is 11.9 Å². The number of hydrogen-bond acceptors (Lipinski definition) is 4. The first-order chi connectivity index (χ1) is 10.1. The van der Waals surface area contributed by atoms with Crippen molar-refractivity contribution in [2.24, 2.45) is 0 Å². The van der Waals surface area contributed by atoms with Crippen LogP contribution in [-0.4, -0.2) is 16.1 Å². The summed E-state index contributed by atoms with van der Waals surface area (Å²) < 4.78 is 0. The zero-order valence-electron chi connectivity index (χ0n) is 11.9. The molecule has 1 aliphatic carbocycles. The Labute approximate surface area is 127 Å². The van der Waals surface area contributed by atoms with Crippen LogP contribution in [0.4, 0.5) is 5.13 Å². The lowest BCUT2D eigenvalue weighted by Crippen LogP contribution is -2.17. The average molecular weight is 302 g/mol. The molecule has 0 radical (unpaired) electrons. The lowest BCUT2D eigenvalue weighted by Gasteiger charge is -2.16. The molecule has 1 aromatic carbocycles. The van der Waals surface area contributed by atoms with Gasteiger partial charge in [0.2, 0.25) is 0 Å². The number of nitrogens with one attached hydrogen (secondary N) is 1. The van der Waals surface area contributed by atoms with Crippen molar-refractivity contribution in [2.75, 3.05) is 5.32 Å². The fourth-order valence-corrected chi connectivity index (χ4v) is 3.88. The molecule has 110 valence electrons. The van der Waals surface area contributed by atoms with E-state index in [1.165, 1.54) is 5.56 Å². The summed E-state index contributed by atoms with van der Waals surface area (Å²) in [4.78, 5) is 17.0. The monoisotopic (exact) mass is 302 g/mol. The van der Waals surface area contributed by atoms with Crippen LogP contribution in [0.1, 0.15) is 47.9 Å². The van der Waals surface area contributed by atoms with Crippen molar-refractivity contribution >= 4 is 22.4 Å². The third-order valence-electron chi connectivity index (χ3n) is 3.89. The fourth-order valence-electron chi connectivity index (χ4n) is 2.73. The van der Waals surface area contributed by atoms with Gasteiger partial charge in [-0.25, -0.2) is 4.98 Å². The number of fused-ring (bicyclic) bond motifs is 1. The molecule has 2 atom stereocenters. The molecule has 2 aromatic rings. The molecule has 0 saturated heterocycles. The summed E-state index contributed by atoms with van der Waals surface area (Å²) in [5.41, 5.74) is 1.96. The molecule has 1 aliphatic rings. The SMILES string of the molecule is CC(Nc1nc2c(s1)CCCC2C(=O)O)c1ccccc1. The highest BCUT2D eigenvalue weighted by molar-refractivity contribution is 7.15. The van der Waals surface area contributed by atoms with E-state index in [2.05, 4.69) is 29.4 Å². The normalized spacial score (nSPS) is 18.8. The highest BCUT2D eigenvalue weighted by atomic mass is 32.1. The van der Waals surface area contributed by atoms with E-state index in [0.29, 0.717) is 6.42 Å². The number of aliphatic carboxylic acids is 1. The first-order valence-electron chi connectivity index (χ1n) is 7.19. The van der Waals surface area contributed by atoms with Gasteiger partial charge < -0.3 is 10.4 Å². The van der Waals surface area contributed by atoms with Gasteiger partial charge in [-0.3, -0.25) is 4.79 Å². The second kappa shape index (κ2) is 5.85. The maximum absolute atomic E-state index is 11.3. The van der Waals surface area contributed by atoms with Crippen molar-refractivity contribution in [3.63, 3.8) is 0 Å². The Morgan fingerprint density at radius 3 is 2.90 bits per heavy atom. The van der Waals surface area contributed by atoms with Crippen molar-refractivity contribution in [1.29, 1.82) is 0 Å². The number of carboxylic acid groups (broad SMARTS) is 1. The Morgan fingerprint density at radius 1 is 1.43 bits per heavy atom. The molecule has 3 rings (SSSR count). The molecule has 0 fully saturated rings. The highest BCUT2D eigenvalue weighted by Gasteiger charge is 2.30. The standard InChI is InChI=1S/C16H18N2O2S/c1-10(11-6-3-2-4-7-11)17-16-18-14-12(15(19)20)8-5-9-13(14)21-16/h2-4,6-7,10,12H,5,8-9H2,1H3,(H,17,18)(H,19,20). The number of benzene rings is 1. The quantitative estimate of drug-likeness (QED) is 0.901. The number of rotatable bonds is 4. The van der Waals surface area contributed by atoms with Gasteiger partial charge in [0, 0.05) is 4.88 Å². The van der Waals surface area contributed by atoms with Gasteiger partial charge in [0.25, 0.3) is 0 Å². The fraction of sp³-hybridized carbons (Fsp3) is 0.375. The lowest BCUT2D eigenvalue weighted by atomic mass is 9.91. The van der Waals surface area contributed by atoms with Crippen LogP contribution in [0, 0.1) is 0 Å². The van der Waals surface area contributed by atoms with Crippen LogP contribution in [-0.2, 0) is 11.2 Å². The Morgan fingerprint density at radius 2 is 2.19 bits per heavy atom. The third-order valence-corrected chi connectivity index (χ3v) is 4.95. The number of thiazole rings is 1. The van der Waals surface area contributed by atoms with Crippen molar-refractivity contribution in [2.45, 2.75) is 38.1 Å². The summed E-state index contributed by atoms with van der Waals surface area (Å²) >= 11 is 1.59. The van der Waals surface area contributed by atoms with E-state index >= 15 is 0 Å². The van der Waals surface area contributed by atoms with Gasteiger partial charge >= 0.3 is 5.97 Å². The third kappa shape index (κ3) is 2.93. The topological polar surface area (TPSA) is 62.2 Å². The lowest BCUT2D eigenvalue weighted by molar-refractivity contribution is -0.139. The van der Waals surface area contributed by atoms with Gasteiger partial charge in [-0.2, -0.15) is 0 Å². The van der Waals surface area contributed by atoms with E-state index in [-0.39, 0.29) is 6.04 Å². The minimum Gasteiger partial charge on any atom is -0.481 e. The molecule has 2 unspecified atom stereocenters. The molecule has 0 aliphatic heterocycles. The van der Waals surface area contributed by atoms with E-state index in [0.717, 1.165) is 28.5 Å². The van der Waals surface area contributed by atoms with Crippen LogP contribution >= 0.6 is 11.3 Å². The Bertz CT molecular complexity index is 639. The van der Waals surface area contributed by atoms with Crippen molar-refractivity contribution in [3.05, 3.63) is 46.5 Å². The number of carbonyl (C=O) groups is 1. The Kier molecular flexibility index (Phi) is 3.92. The van der Waals surface area contributed by atoms with E-state index in [1.807, 2.05) is 18.2 Å². The number of aryl methyl sites for hydroxylation is 1. The number of aromatic nitrogens is 1. The average Bonchev–Trinajstić information content (AvgIpc) is 2.89. The number of nitrogens with zero attached hydrogens (tertiary/aromatic N) is 1. The predicted molar refractivity (Wildman–Crippen MR) is 83.9 cm³/mol. The van der Waals surface area contributed by atoms with Gasteiger partial charge in [0.05, 0.1) is 11.7 Å². The van der Waals surface area contributed by atoms with Gasteiger partial charge in [-0.05, 0) is 31.7 Å². The first-order valence-corrected chi connectivity index (χ1v) is 8.00. The van der Waals surface area contributed by atoms with Crippen molar-refractivity contribution in [1.82, 2.24) is 4.98 Å². The zero-order valence-corrected chi connectivity index (χ0v) is 12.7. The molecule has 5 heteroatoms. The summed E-state index contributed by atoms with van der Waals surface area (Å²) in [6, 6.07) is 10.3. The first kappa shape index (κ1) is 14.1. The molecule has 4 nitrogen and oxygen atoms in total. The second-order valence-electron chi connectivity index (χ2n) is 5.39. The van der Waals surface area contributed by atoms with Gasteiger partial charge in [-0.1, -0.05) is 30.3 Å². The molecule has 1 aromatic heterocycles. The number of anilines is 1. The molecule has 1 heterocycles. The van der Waals surface area contributed by atoms with Crippen molar-refractivity contribution < 1.29 is 9.90 Å².